The van der Waals surface area contributed by atoms with Crippen LogP contribution in [0.3, 0.4) is 0 Å². The molecule has 0 radical (unpaired) electrons. The number of sulfone groups is 1. The monoisotopic (exact) mass is 328 g/mol. The standard InChI is InChI=1S/C13H16N2O4S2/c1-11-10-20(16,17)9-8-15(11)21(18,19)13-4-2-12(3-5-13)6-7-14/h2-5,11H,6,8-10H2,1H3. The third-order valence-electron chi connectivity index (χ3n) is 3.42. The molecule has 1 atom stereocenters. The Balaban J connectivity index is 2.28. The first-order valence-electron chi connectivity index (χ1n) is 6.44. The van der Waals surface area contributed by atoms with Crippen LogP contribution in [0.2, 0.25) is 0 Å². The fraction of sp³-hybridized carbons (Fsp3) is 0.462. The van der Waals surface area contributed by atoms with Gasteiger partial charge in [0.2, 0.25) is 10.0 Å². The van der Waals surface area contributed by atoms with Gasteiger partial charge < -0.3 is 0 Å². The van der Waals surface area contributed by atoms with Gasteiger partial charge in [-0.15, -0.1) is 0 Å². The summed E-state index contributed by atoms with van der Waals surface area (Å²) >= 11 is 0. The Bertz CT molecular complexity index is 761. The van der Waals surface area contributed by atoms with Gasteiger partial charge in [0.05, 0.1) is 28.9 Å². The lowest BCUT2D eigenvalue weighted by Crippen LogP contribution is -2.49. The lowest BCUT2D eigenvalue weighted by atomic mass is 10.2. The van der Waals surface area contributed by atoms with Crippen LogP contribution in [0, 0.1) is 11.3 Å². The van der Waals surface area contributed by atoms with Crippen LogP contribution < -0.4 is 0 Å². The molecule has 2 rings (SSSR count). The molecule has 1 aromatic carbocycles. The van der Waals surface area contributed by atoms with E-state index in [1.807, 2.05) is 6.07 Å². The highest BCUT2D eigenvalue weighted by Gasteiger charge is 2.36. The van der Waals surface area contributed by atoms with Gasteiger partial charge in [-0.05, 0) is 24.6 Å². The van der Waals surface area contributed by atoms with Crippen LogP contribution in [0.5, 0.6) is 0 Å². The normalized spacial score (nSPS) is 22.6. The van der Waals surface area contributed by atoms with Crippen LogP contribution in [0.25, 0.3) is 0 Å². The molecule has 1 aliphatic heterocycles. The largest absolute Gasteiger partial charge is 0.243 e. The van der Waals surface area contributed by atoms with Gasteiger partial charge in [-0.1, -0.05) is 12.1 Å². The number of benzene rings is 1. The number of nitrogens with zero attached hydrogens (tertiary/aromatic N) is 2. The molecular weight excluding hydrogens is 312 g/mol. The maximum Gasteiger partial charge on any atom is 0.243 e. The molecule has 21 heavy (non-hydrogen) atoms. The average Bonchev–Trinajstić information content (AvgIpc) is 2.38. The highest BCUT2D eigenvalue weighted by molar-refractivity contribution is 7.92. The van der Waals surface area contributed by atoms with E-state index in [9.17, 15) is 16.8 Å². The summed E-state index contributed by atoms with van der Waals surface area (Å²) in [4.78, 5) is 0.121. The summed E-state index contributed by atoms with van der Waals surface area (Å²) in [6.45, 7) is 1.57. The van der Waals surface area contributed by atoms with Crippen LogP contribution in [0.4, 0.5) is 0 Å². The second-order valence-electron chi connectivity index (χ2n) is 5.06. The second-order valence-corrected chi connectivity index (χ2v) is 9.18. The van der Waals surface area contributed by atoms with Crippen molar-refractivity contribution in [3.63, 3.8) is 0 Å². The molecule has 0 bridgehead atoms. The summed E-state index contributed by atoms with van der Waals surface area (Å²) in [6, 6.07) is 7.53. The Labute approximate surface area is 125 Å². The molecule has 0 N–H and O–H groups in total. The van der Waals surface area contributed by atoms with Crippen LogP contribution in [0.15, 0.2) is 29.2 Å². The van der Waals surface area contributed by atoms with E-state index in [0.717, 1.165) is 5.56 Å². The first kappa shape index (κ1) is 15.9. The number of sulfonamides is 1. The summed E-state index contributed by atoms with van der Waals surface area (Å²) in [5, 5.41) is 8.60. The minimum atomic E-state index is -3.71. The van der Waals surface area contributed by atoms with E-state index in [-0.39, 0.29) is 29.4 Å². The Hall–Kier alpha value is -1.43. The van der Waals surface area contributed by atoms with Crippen molar-refractivity contribution in [1.82, 2.24) is 4.31 Å². The number of hydrogen-bond acceptors (Lipinski definition) is 5. The quantitative estimate of drug-likeness (QED) is 0.808. The molecule has 114 valence electrons. The smallest absolute Gasteiger partial charge is 0.229 e. The summed E-state index contributed by atoms with van der Waals surface area (Å²) in [7, 11) is -6.87. The van der Waals surface area contributed by atoms with Crippen molar-refractivity contribution in [1.29, 1.82) is 5.26 Å². The summed E-state index contributed by atoms with van der Waals surface area (Å²) in [5.41, 5.74) is 0.741. The molecule has 0 aromatic heterocycles. The van der Waals surface area contributed by atoms with E-state index in [1.54, 1.807) is 19.1 Å². The van der Waals surface area contributed by atoms with Gasteiger partial charge in [-0.2, -0.15) is 9.57 Å². The molecule has 1 saturated heterocycles. The van der Waals surface area contributed by atoms with Crippen molar-refractivity contribution in [2.75, 3.05) is 18.1 Å². The first-order valence-corrected chi connectivity index (χ1v) is 9.70. The third kappa shape index (κ3) is 3.43. The zero-order chi connectivity index (χ0) is 15.7. The van der Waals surface area contributed by atoms with E-state index in [2.05, 4.69) is 0 Å². The van der Waals surface area contributed by atoms with E-state index < -0.39 is 25.9 Å². The van der Waals surface area contributed by atoms with E-state index in [1.165, 1.54) is 16.4 Å². The number of nitriles is 1. The SMILES string of the molecule is CC1CS(=O)(=O)CCN1S(=O)(=O)c1ccc(CC#N)cc1. The minimum Gasteiger partial charge on any atom is -0.229 e. The van der Waals surface area contributed by atoms with Crippen LogP contribution in [-0.4, -0.2) is 45.2 Å². The number of hydrogen-bond donors (Lipinski definition) is 0. The van der Waals surface area contributed by atoms with Gasteiger partial charge in [0.15, 0.2) is 9.84 Å². The van der Waals surface area contributed by atoms with Gasteiger partial charge >= 0.3 is 0 Å². The molecule has 1 aromatic rings. The Morgan fingerprint density at radius 2 is 1.95 bits per heavy atom. The van der Waals surface area contributed by atoms with Crippen LogP contribution in [-0.2, 0) is 26.3 Å². The topological polar surface area (TPSA) is 95.3 Å². The highest BCUT2D eigenvalue weighted by Crippen LogP contribution is 2.22. The molecule has 1 unspecified atom stereocenters. The van der Waals surface area contributed by atoms with E-state index >= 15 is 0 Å². The molecule has 1 fully saturated rings. The average molecular weight is 328 g/mol. The predicted molar refractivity (Wildman–Crippen MR) is 77.8 cm³/mol. The zero-order valence-corrected chi connectivity index (χ0v) is 13.2. The fourth-order valence-electron chi connectivity index (χ4n) is 2.35. The van der Waals surface area contributed by atoms with Crippen molar-refractivity contribution in [2.24, 2.45) is 0 Å². The highest BCUT2D eigenvalue weighted by atomic mass is 32.2. The van der Waals surface area contributed by atoms with Crippen molar-refractivity contribution in [3.8, 4) is 6.07 Å². The Kier molecular flexibility index (Phi) is 4.37. The predicted octanol–water partition coefficient (Wildman–Crippen LogP) is 0.560. The van der Waals surface area contributed by atoms with Gasteiger partial charge in [-0.25, -0.2) is 16.8 Å². The van der Waals surface area contributed by atoms with E-state index in [0.29, 0.717) is 0 Å². The van der Waals surface area contributed by atoms with Gasteiger partial charge in [-0.3, -0.25) is 0 Å². The van der Waals surface area contributed by atoms with Crippen LogP contribution in [0.1, 0.15) is 12.5 Å². The summed E-state index contributed by atoms with van der Waals surface area (Å²) < 4.78 is 49.4. The first-order chi connectivity index (χ1) is 9.76. The third-order valence-corrected chi connectivity index (χ3v) is 7.25. The lowest BCUT2D eigenvalue weighted by molar-refractivity contribution is 0.357. The van der Waals surface area contributed by atoms with Crippen LogP contribution >= 0.6 is 0 Å². The summed E-state index contributed by atoms with van der Waals surface area (Å²) in [5.74, 6) is -0.304. The Morgan fingerprint density at radius 3 is 2.48 bits per heavy atom. The minimum absolute atomic E-state index is 0.0220. The maximum absolute atomic E-state index is 12.5. The van der Waals surface area contributed by atoms with Crippen molar-refractivity contribution < 1.29 is 16.8 Å². The molecule has 1 heterocycles. The molecule has 0 saturated carbocycles. The zero-order valence-electron chi connectivity index (χ0n) is 11.6. The van der Waals surface area contributed by atoms with Gasteiger partial charge in [0.25, 0.3) is 0 Å². The van der Waals surface area contributed by atoms with Gasteiger partial charge in [0, 0.05) is 12.6 Å². The molecule has 1 aliphatic rings. The molecule has 0 amide bonds. The van der Waals surface area contributed by atoms with Crippen molar-refractivity contribution in [2.45, 2.75) is 24.3 Å². The molecule has 0 spiro atoms. The molecular formula is C13H16N2O4S2. The van der Waals surface area contributed by atoms with Gasteiger partial charge in [0.1, 0.15) is 0 Å². The molecule has 6 nitrogen and oxygen atoms in total. The molecule has 0 aliphatic carbocycles. The fourth-order valence-corrected chi connectivity index (χ4v) is 5.74. The number of rotatable bonds is 3. The Morgan fingerprint density at radius 1 is 1.33 bits per heavy atom. The lowest BCUT2D eigenvalue weighted by Gasteiger charge is -2.32. The van der Waals surface area contributed by atoms with Crippen molar-refractivity contribution >= 4 is 19.9 Å². The second kappa shape index (κ2) is 5.75. The summed E-state index contributed by atoms with van der Waals surface area (Å²) in [6.07, 6.45) is 0.221. The maximum atomic E-state index is 12.5. The molecule has 8 heteroatoms. The van der Waals surface area contributed by atoms with Crippen molar-refractivity contribution in [3.05, 3.63) is 29.8 Å². The van der Waals surface area contributed by atoms with E-state index in [4.69, 9.17) is 5.26 Å².